The van der Waals surface area contributed by atoms with Crippen molar-refractivity contribution in [3.63, 3.8) is 0 Å². The van der Waals surface area contributed by atoms with E-state index >= 15 is 0 Å². The fourth-order valence-electron chi connectivity index (χ4n) is 0.967. The summed E-state index contributed by atoms with van der Waals surface area (Å²) in [6, 6.07) is 7.97. The topological polar surface area (TPSA) is 12.4 Å². The van der Waals surface area contributed by atoms with Gasteiger partial charge in [-0.25, -0.2) is 0 Å². The van der Waals surface area contributed by atoms with Crippen LogP contribution in [0.3, 0.4) is 0 Å². The summed E-state index contributed by atoms with van der Waals surface area (Å²) in [7, 11) is 0. The molecule has 12 heavy (non-hydrogen) atoms. The van der Waals surface area contributed by atoms with E-state index in [0.717, 1.165) is 17.7 Å². The molecule has 0 saturated carbocycles. The second-order valence-corrected chi connectivity index (χ2v) is 2.48. The van der Waals surface area contributed by atoms with Crippen molar-refractivity contribution in [1.29, 1.82) is 0 Å². The summed E-state index contributed by atoms with van der Waals surface area (Å²) < 4.78 is 0. The molecule has 0 heterocycles. The van der Waals surface area contributed by atoms with Gasteiger partial charge in [0.25, 0.3) is 0 Å². The third-order valence-corrected chi connectivity index (χ3v) is 1.57. The van der Waals surface area contributed by atoms with Gasteiger partial charge >= 0.3 is 0 Å². The average Bonchev–Trinajstić information content (AvgIpc) is 2.15. The average molecular weight is 159 g/mol. The summed E-state index contributed by atoms with van der Waals surface area (Å²) in [6.45, 7) is 5.80. The van der Waals surface area contributed by atoms with Crippen molar-refractivity contribution in [2.45, 2.75) is 13.3 Å². The molecule has 1 nitrogen and oxygen atoms in total. The molecule has 1 heteroatoms. The minimum absolute atomic E-state index is 0.964. The van der Waals surface area contributed by atoms with E-state index in [1.807, 2.05) is 36.6 Å². The summed E-state index contributed by atoms with van der Waals surface area (Å²) in [6.07, 6.45) is 4.69. The monoisotopic (exact) mass is 159 g/mol. The first kappa shape index (κ1) is 8.72. The quantitative estimate of drug-likeness (QED) is 0.599. The number of para-hydroxylation sites is 1. The molecule has 0 spiro atoms. The van der Waals surface area contributed by atoms with Crippen molar-refractivity contribution < 1.29 is 0 Å². The molecule has 0 radical (unpaired) electrons. The predicted molar refractivity (Wildman–Crippen MR) is 55.0 cm³/mol. The van der Waals surface area contributed by atoms with Crippen LogP contribution in [0.5, 0.6) is 0 Å². The summed E-state index contributed by atoms with van der Waals surface area (Å²) in [5.74, 6) is 0. The number of hydrogen-bond acceptors (Lipinski definition) is 1. The van der Waals surface area contributed by atoms with Crippen LogP contribution in [0.4, 0.5) is 5.69 Å². The van der Waals surface area contributed by atoms with Crippen LogP contribution in [0, 0.1) is 0 Å². The SMILES string of the molecule is C=Cc1ccccc1/N=C/CC. The molecule has 0 aliphatic heterocycles. The van der Waals surface area contributed by atoms with Crippen LogP contribution in [-0.4, -0.2) is 6.21 Å². The van der Waals surface area contributed by atoms with Gasteiger partial charge in [-0.2, -0.15) is 0 Å². The van der Waals surface area contributed by atoms with E-state index in [1.54, 1.807) is 0 Å². The van der Waals surface area contributed by atoms with E-state index in [2.05, 4.69) is 18.5 Å². The van der Waals surface area contributed by atoms with Crippen LogP contribution >= 0.6 is 0 Å². The highest BCUT2D eigenvalue weighted by atomic mass is 14.7. The van der Waals surface area contributed by atoms with Crippen LogP contribution < -0.4 is 0 Å². The van der Waals surface area contributed by atoms with Gasteiger partial charge in [-0.05, 0) is 18.1 Å². The van der Waals surface area contributed by atoms with Gasteiger partial charge in [0.15, 0.2) is 0 Å². The predicted octanol–water partition coefficient (Wildman–Crippen LogP) is 3.44. The fraction of sp³-hybridized carbons (Fsp3) is 0.182. The molecular weight excluding hydrogens is 146 g/mol. The Labute approximate surface area is 73.5 Å². The number of rotatable bonds is 3. The molecule has 0 amide bonds. The fourth-order valence-corrected chi connectivity index (χ4v) is 0.967. The summed E-state index contributed by atoms with van der Waals surface area (Å²) in [4.78, 5) is 4.30. The van der Waals surface area contributed by atoms with Crippen LogP contribution in [0.15, 0.2) is 35.8 Å². The van der Waals surface area contributed by atoms with Gasteiger partial charge in [-0.3, -0.25) is 4.99 Å². The van der Waals surface area contributed by atoms with Crippen molar-refractivity contribution in [2.24, 2.45) is 4.99 Å². The molecule has 0 bridgehead atoms. The Bertz CT molecular complexity index is 287. The maximum Gasteiger partial charge on any atom is 0.0697 e. The second-order valence-electron chi connectivity index (χ2n) is 2.48. The molecule has 0 aliphatic carbocycles. The largest absolute Gasteiger partial charge is 0.261 e. The Morgan fingerprint density at radius 1 is 1.42 bits per heavy atom. The molecule has 0 unspecified atom stereocenters. The van der Waals surface area contributed by atoms with E-state index in [4.69, 9.17) is 0 Å². The Kier molecular flexibility index (Phi) is 3.27. The molecule has 0 aliphatic rings. The Hall–Kier alpha value is -1.37. The second kappa shape index (κ2) is 4.50. The lowest BCUT2D eigenvalue weighted by molar-refractivity contribution is 1.31. The van der Waals surface area contributed by atoms with Gasteiger partial charge in [-0.1, -0.05) is 37.8 Å². The molecule has 0 atom stereocenters. The zero-order chi connectivity index (χ0) is 8.81. The maximum absolute atomic E-state index is 4.30. The minimum atomic E-state index is 0.964. The lowest BCUT2D eigenvalue weighted by atomic mass is 10.2. The van der Waals surface area contributed by atoms with E-state index < -0.39 is 0 Å². The first-order valence-corrected chi connectivity index (χ1v) is 4.12. The van der Waals surface area contributed by atoms with E-state index in [0.29, 0.717) is 0 Å². The van der Waals surface area contributed by atoms with Gasteiger partial charge < -0.3 is 0 Å². The molecule has 62 valence electrons. The van der Waals surface area contributed by atoms with Crippen molar-refractivity contribution in [3.05, 3.63) is 36.4 Å². The molecule has 0 saturated heterocycles. The lowest BCUT2D eigenvalue weighted by Crippen LogP contribution is -1.74. The smallest absolute Gasteiger partial charge is 0.0697 e. The van der Waals surface area contributed by atoms with Crippen LogP contribution in [0.25, 0.3) is 6.08 Å². The third-order valence-electron chi connectivity index (χ3n) is 1.57. The number of hydrogen-bond donors (Lipinski definition) is 0. The first-order valence-electron chi connectivity index (χ1n) is 4.12. The molecule has 1 aromatic carbocycles. The van der Waals surface area contributed by atoms with Crippen LogP contribution in [-0.2, 0) is 0 Å². The minimum Gasteiger partial charge on any atom is -0.261 e. The van der Waals surface area contributed by atoms with Gasteiger partial charge in [-0.15, -0.1) is 0 Å². The van der Waals surface area contributed by atoms with E-state index in [9.17, 15) is 0 Å². The van der Waals surface area contributed by atoms with Gasteiger partial charge in [0.1, 0.15) is 0 Å². The number of benzene rings is 1. The molecule has 1 rings (SSSR count). The highest BCUT2D eigenvalue weighted by molar-refractivity contribution is 5.69. The van der Waals surface area contributed by atoms with Crippen molar-refractivity contribution in [1.82, 2.24) is 0 Å². The summed E-state index contributed by atoms with van der Waals surface area (Å²) >= 11 is 0. The van der Waals surface area contributed by atoms with E-state index in [1.165, 1.54) is 0 Å². The Morgan fingerprint density at radius 3 is 2.83 bits per heavy atom. The molecule has 0 aromatic heterocycles. The van der Waals surface area contributed by atoms with Gasteiger partial charge in [0, 0.05) is 6.21 Å². The van der Waals surface area contributed by atoms with Crippen molar-refractivity contribution >= 4 is 18.0 Å². The summed E-state index contributed by atoms with van der Waals surface area (Å²) in [5, 5.41) is 0. The van der Waals surface area contributed by atoms with Crippen LogP contribution in [0.1, 0.15) is 18.9 Å². The van der Waals surface area contributed by atoms with E-state index in [-0.39, 0.29) is 0 Å². The Balaban J connectivity index is 2.96. The number of aliphatic imine (C=N–C) groups is 1. The van der Waals surface area contributed by atoms with Crippen molar-refractivity contribution in [2.75, 3.05) is 0 Å². The molecule has 1 aromatic rings. The normalized spacial score (nSPS) is 10.4. The maximum atomic E-state index is 4.30. The summed E-state index contributed by atoms with van der Waals surface area (Å²) in [5.41, 5.74) is 2.08. The lowest BCUT2D eigenvalue weighted by Gasteiger charge is -1.97. The van der Waals surface area contributed by atoms with Crippen molar-refractivity contribution in [3.8, 4) is 0 Å². The molecule has 0 N–H and O–H groups in total. The highest BCUT2D eigenvalue weighted by Crippen LogP contribution is 2.18. The molecule has 0 fully saturated rings. The highest BCUT2D eigenvalue weighted by Gasteiger charge is 1.92. The Morgan fingerprint density at radius 2 is 2.17 bits per heavy atom. The zero-order valence-electron chi connectivity index (χ0n) is 7.33. The molecular formula is C11H13N. The zero-order valence-corrected chi connectivity index (χ0v) is 7.33. The van der Waals surface area contributed by atoms with Crippen LogP contribution in [0.2, 0.25) is 0 Å². The standard InChI is InChI=1S/C11H13N/c1-3-9-12-11-8-6-5-7-10(11)4-2/h4-9H,2-3H2,1H3/b12-9+. The first-order chi connectivity index (χ1) is 5.88. The third kappa shape index (κ3) is 2.06. The van der Waals surface area contributed by atoms with Gasteiger partial charge in [0.2, 0.25) is 0 Å². The number of nitrogens with zero attached hydrogens (tertiary/aromatic N) is 1. The van der Waals surface area contributed by atoms with Gasteiger partial charge in [0.05, 0.1) is 5.69 Å².